The molecule has 7 heteroatoms. The van der Waals surface area contributed by atoms with Crippen molar-refractivity contribution in [3.05, 3.63) is 30.1 Å². The zero-order chi connectivity index (χ0) is 22.9. The van der Waals surface area contributed by atoms with Gasteiger partial charge in [-0.3, -0.25) is 9.59 Å². The molecule has 2 aromatic rings. The topological polar surface area (TPSA) is 76.5 Å². The zero-order valence-electron chi connectivity index (χ0n) is 19.8. The molecule has 0 bridgehead atoms. The van der Waals surface area contributed by atoms with E-state index in [4.69, 9.17) is 4.74 Å². The van der Waals surface area contributed by atoms with Gasteiger partial charge in [-0.2, -0.15) is 0 Å². The number of carbonyl (C=O) groups is 2. The predicted molar refractivity (Wildman–Crippen MR) is 124 cm³/mol. The van der Waals surface area contributed by atoms with Crippen molar-refractivity contribution in [2.45, 2.75) is 71.5 Å². The Labute approximate surface area is 190 Å². The number of amides is 2. The minimum Gasteiger partial charge on any atom is -0.382 e. The van der Waals surface area contributed by atoms with E-state index >= 15 is 0 Å². The van der Waals surface area contributed by atoms with E-state index in [1.54, 1.807) is 4.90 Å². The van der Waals surface area contributed by atoms with Crippen molar-refractivity contribution in [1.29, 1.82) is 0 Å². The van der Waals surface area contributed by atoms with Gasteiger partial charge in [0.15, 0.2) is 5.82 Å². The van der Waals surface area contributed by atoms with Gasteiger partial charge in [0.05, 0.1) is 17.6 Å². The molecule has 2 aliphatic rings. The maximum atomic E-state index is 13.8. The lowest BCUT2D eigenvalue weighted by molar-refractivity contribution is -0.134. The molecule has 4 rings (SSSR count). The highest BCUT2D eigenvalue weighted by Gasteiger charge is 2.49. The number of imidazole rings is 1. The Kier molecular flexibility index (Phi) is 6.56. The minimum absolute atomic E-state index is 0.0726. The van der Waals surface area contributed by atoms with Gasteiger partial charge in [0.1, 0.15) is 5.54 Å². The molecular formula is C25H36N4O3. The summed E-state index contributed by atoms with van der Waals surface area (Å²) in [5.41, 5.74) is 0.688. The Balaban J connectivity index is 1.65. The van der Waals surface area contributed by atoms with E-state index in [9.17, 15) is 9.59 Å². The number of aromatic nitrogens is 2. The lowest BCUT2D eigenvalue weighted by atomic mass is 9.77. The molecule has 1 aliphatic heterocycles. The predicted octanol–water partition coefficient (Wildman–Crippen LogP) is 3.62. The lowest BCUT2D eigenvalue weighted by Crippen LogP contribution is -2.65. The number of para-hydroxylation sites is 2. The van der Waals surface area contributed by atoms with Crippen LogP contribution in [0.15, 0.2) is 24.3 Å². The van der Waals surface area contributed by atoms with Gasteiger partial charge in [0, 0.05) is 25.8 Å². The first-order valence-corrected chi connectivity index (χ1v) is 12.0. The summed E-state index contributed by atoms with van der Waals surface area (Å²) in [6.45, 7) is 10.4. The Hall–Kier alpha value is -2.41. The molecule has 1 N–H and O–H groups in total. The third kappa shape index (κ3) is 4.03. The molecule has 0 saturated heterocycles. The lowest BCUT2D eigenvalue weighted by Gasteiger charge is -2.45. The van der Waals surface area contributed by atoms with E-state index < -0.39 is 5.54 Å². The number of hydrogen-bond donors (Lipinski definition) is 1. The van der Waals surface area contributed by atoms with Crippen LogP contribution in [0.3, 0.4) is 0 Å². The average molecular weight is 441 g/mol. The van der Waals surface area contributed by atoms with Gasteiger partial charge >= 0.3 is 0 Å². The summed E-state index contributed by atoms with van der Waals surface area (Å²) in [4.78, 5) is 33.7. The summed E-state index contributed by atoms with van der Waals surface area (Å²) in [5.74, 6) is 1.16. The fraction of sp³-hybridized carbons (Fsp3) is 0.640. The molecule has 1 aromatic carbocycles. The van der Waals surface area contributed by atoms with Crippen LogP contribution in [0.25, 0.3) is 11.0 Å². The third-order valence-electron chi connectivity index (χ3n) is 7.54. The van der Waals surface area contributed by atoms with E-state index in [0.717, 1.165) is 23.9 Å². The first-order chi connectivity index (χ1) is 15.4. The van der Waals surface area contributed by atoms with Gasteiger partial charge in [-0.1, -0.05) is 38.8 Å². The fourth-order valence-electron chi connectivity index (χ4n) is 5.26. The number of nitrogens with zero attached hydrogens (tertiary/aromatic N) is 3. The van der Waals surface area contributed by atoms with E-state index in [-0.39, 0.29) is 17.9 Å². The smallest absolute Gasteiger partial charge is 0.290 e. The first kappa shape index (κ1) is 22.8. The van der Waals surface area contributed by atoms with Crippen LogP contribution in [0.4, 0.5) is 0 Å². The molecule has 32 heavy (non-hydrogen) atoms. The molecule has 0 unspecified atom stereocenters. The maximum Gasteiger partial charge on any atom is 0.290 e. The van der Waals surface area contributed by atoms with Crippen molar-refractivity contribution in [3.63, 3.8) is 0 Å². The number of carbonyl (C=O) groups excluding carboxylic acids is 2. The Bertz CT molecular complexity index is 987. The third-order valence-corrected chi connectivity index (χ3v) is 7.54. The normalized spacial score (nSPS) is 28.1. The molecule has 174 valence electrons. The highest BCUT2D eigenvalue weighted by molar-refractivity contribution is 6.01. The molecule has 1 saturated carbocycles. The Morgan fingerprint density at radius 1 is 1.28 bits per heavy atom. The molecular weight excluding hydrogens is 404 g/mol. The van der Waals surface area contributed by atoms with Crippen LogP contribution < -0.4 is 5.32 Å². The number of rotatable bonds is 7. The van der Waals surface area contributed by atoms with Crippen molar-refractivity contribution in [2.75, 3.05) is 19.8 Å². The van der Waals surface area contributed by atoms with Crippen LogP contribution in [-0.4, -0.2) is 57.6 Å². The highest BCUT2D eigenvalue weighted by Crippen LogP contribution is 2.33. The molecule has 7 nitrogen and oxygen atoms in total. The van der Waals surface area contributed by atoms with Gasteiger partial charge in [0.25, 0.3) is 5.91 Å². The van der Waals surface area contributed by atoms with Crippen LogP contribution in [0.1, 0.15) is 64.0 Å². The molecule has 4 atom stereocenters. The van der Waals surface area contributed by atoms with Gasteiger partial charge in [0.2, 0.25) is 5.91 Å². The second kappa shape index (κ2) is 9.22. The van der Waals surface area contributed by atoms with Crippen molar-refractivity contribution >= 4 is 22.8 Å². The average Bonchev–Trinajstić information content (AvgIpc) is 3.15. The number of nitrogens with one attached hydrogen (secondary N) is 1. The molecule has 0 spiro atoms. The summed E-state index contributed by atoms with van der Waals surface area (Å²) in [7, 11) is 0. The maximum absolute atomic E-state index is 13.8. The van der Waals surface area contributed by atoms with E-state index in [0.29, 0.717) is 50.4 Å². The molecule has 2 heterocycles. The number of ether oxygens (including phenoxy) is 1. The van der Waals surface area contributed by atoms with Crippen LogP contribution in [0, 0.1) is 11.8 Å². The van der Waals surface area contributed by atoms with E-state index in [1.807, 2.05) is 42.7 Å². The monoisotopic (exact) mass is 440 g/mol. The molecule has 1 fully saturated rings. The molecule has 2 amide bonds. The van der Waals surface area contributed by atoms with Crippen molar-refractivity contribution in [3.8, 4) is 0 Å². The Morgan fingerprint density at radius 3 is 2.84 bits per heavy atom. The fourth-order valence-corrected chi connectivity index (χ4v) is 5.26. The molecule has 1 aromatic heterocycles. The number of fused-ring (bicyclic) bond motifs is 3. The Morgan fingerprint density at radius 2 is 2.06 bits per heavy atom. The van der Waals surface area contributed by atoms with Crippen LogP contribution >= 0.6 is 0 Å². The number of hydrogen-bond acceptors (Lipinski definition) is 4. The quantitative estimate of drug-likeness (QED) is 0.667. The van der Waals surface area contributed by atoms with Gasteiger partial charge in [-0.05, 0) is 50.7 Å². The standard InChI is InChI=1S/C25H36N4O3/c1-5-32-15-9-14-29-23(30)22-26-20-11-6-7-13-21(20)28(22)16-25(29,4)24(31)27-19-12-8-10-17(2)18(19)3/h6-7,11,13,17-19H,5,8-10,12,14-16H2,1-4H3,(H,27,31)/t17-,18+,19-,25-/m1/s1. The van der Waals surface area contributed by atoms with E-state index in [1.165, 1.54) is 6.42 Å². The molecule has 0 radical (unpaired) electrons. The SMILES string of the molecule is CCOCCCN1C(=O)c2nc3ccccc3n2C[C@]1(C)C(=O)N[C@@H]1CCC[C@@H](C)[C@@H]1C. The first-order valence-electron chi connectivity index (χ1n) is 12.0. The van der Waals surface area contributed by atoms with Gasteiger partial charge in [-0.25, -0.2) is 4.98 Å². The van der Waals surface area contributed by atoms with Gasteiger partial charge < -0.3 is 19.5 Å². The highest BCUT2D eigenvalue weighted by atomic mass is 16.5. The largest absolute Gasteiger partial charge is 0.382 e. The summed E-state index contributed by atoms with van der Waals surface area (Å²) >= 11 is 0. The van der Waals surface area contributed by atoms with E-state index in [2.05, 4.69) is 24.1 Å². The van der Waals surface area contributed by atoms with Crippen molar-refractivity contribution in [2.24, 2.45) is 11.8 Å². The van der Waals surface area contributed by atoms with Crippen LogP contribution in [0.2, 0.25) is 0 Å². The van der Waals surface area contributed by atoms with Crippen LogP contribution in [0.5, 0.6) is 0 Å². The minimum atomic E-state index is -0.986. The second-order valence-electron chi connectivity index (χ2n) is 9.64. The zero-order valence-corrected chi connectivity index (χ0v) is 19.8. The second-order valence-corrected chi connectivity index (χ2v) is 9.64. The van der Waals surface area contributed by atoms with Crippen molar-refractivity contribution < 1.29 is 14.3 Å². The summed E-state index contributed by atoms with van der Waals surface area (Å²) in [6.07, 6.45) is 4.00. The summed E-state index contributed by atoms with van der Waals surface area (Å²) < 4.78 is 7.41. The molecule has 1 aliphatic carbocycles. The summed E-state index contributed by atoms with van der Waals surface area (Å²) in [6, 6.07) is 7.88. The van der Waals surface area contributed by atoms with Gasteiger partial charge in [-0.15, -0.1) is 0 Å². The van der Waals surface area contributed by atoms with Crippen LogP contribution in [-0.2, 0) is 16.1 Å². The number of benzene rings is 1. The van der Waals surface area contributed by atoms with Crippen molar-refractivity contribution in [1.82, 2.24) is 19.8 Å². The summed E-state index contributed by atoms with van der Waals surface area (Å²) in [5, 5.41) is 3.33.